The molecule has 1 amide bonds. The fraction of sp³-hybridized carbons (Fsp3) is 0.639. The van der Waals surface area contributed by atoms with Gasteiger partial charge in [0.05, 0.1) is 13.2 Å². The maximum absolute atomic E-state index is 12.4. The molecule has 2 aromatic carbocycles. The van der Waals surface area contributed by atoms with Crippen LogP contribution in [0.2, 0.25) is 0 Å². The lowest BCUT2D eigenvalue weighted by Crippen LogP contribution is -2.68. The van der Waals surface area contributed by atoms with Gasteiger partial charge in [0.2, 0.25) is 5.91 Å². The first-order valence-corrected chi connectivity index (χ1v) is 16.8. The van der Waals surface area contributed by atoms with E-state index < -0.39 is 36.9 Å². The second kappa shape index (κ2) is 17.4. The fourth-order valence-electron chi connectivity index (χ4n) is 6.28. The quantitative estimate of drug-likeness (QED) is 0.150. The van der Waals surface area contributed by atoms with Crippen molar-refractivity contribution < 1.29 is 33.2 Å². The highest BCUT2D eigenvalue weighted by molar-refractivity contribution is 5.73. The Morgan fingerprint density at radius 2 is 1.45 bits per heavy atom. The Kier molecular flexibility index (Phi) is 13.1. The SMILES string of the molecule is CCCCCCCCCCCCO[C@@H]1O[C@@H]2CO[C@@H]([C@H]3O[C@@H]3c3ccccc3)O[C@H]2[C@H](OCc2ccccc2)[C@H]1NC(C)=O. The summed E-state index contributed by atoms with van der Waals surface area (Å²) in [5, 5.41) is 3.07. The average molecular weight is 610 g/mol. The van der Waals surface area contributed by atoms with Gasteiger partial charge in [0, 0.05) is 13.5 Å². The van der Waals surface area contributed by atoms with Crippen LogP contribution in [0.5, 0.6) is 0 Å². The lowest BCUT2D eigenvalue weighted by molar-refractivity contribution is -0.348. The molecule has 8 nitrogen and oxygen atoms in total. The van der Waals surface area contributed by atoms with E-state index in [9.17, 15) is 4.79 Å². The van der Waals surface area contributed by atoms with Crippen molar-refractivity contribution in [2.24, 2.45) is 0 Å². The van der Waals surface area contributed by atoms with Crippen LogP contribution in [0.15, 0.2) is 60.7 Å². The number of benzene rings is 2. The number of carbonyl (C=O) groups is 1. The Bertz CT molecular complexity index is 1100. The Morgan fingerprint density at radius 3 is 2.14 bits per heavy atom. The number of ether oxygens (including phenoxy) is 6. The van der Waals surface area contributed by atoms with Gasteiger partial charge in [0.1, 0.15) is 36.6 Å². The molecule has 2 aromatic rings. The molecule has 0 unspecified atom stereocenters. The van der Waals surface area contributed by atoms with Gasteiger partial charge < -0.3 is 33.7 Å². The normalized spacial score (nSPS) is 29.6. The van der Waals surface area contributed by atoms with E-state index in [2.05, 4.69) is 24.4 Å². The molecule has 3 saturated heterocycles. The van der Waals surface area contributed by atoms with Crippen LogP contribution in [0.1, 0.15) is 95.3 Å². The molecule has 3 fully saturated rings. The molecule has 0 bridgehead atoms. The molecule has 0 radical (unpaired) electrons. The zero-order valence-corrected chi connectivity index (χ0v) is 26.4. The highest BCUT2D eigenvalue weighted by Gasteiger charge is 2.56. The zero-order valence-electron chi connectivity index (χ0n) is 26.4. The van der Waals surface area contributed by atoms with Crippen LogP contribution in [-0.2, 0) is 39.8 Å². The lowest BCUT2D eigenvalue weighted by Gasteiger charge is -2.49. The third-order valence-electron chi connectivity index (χ3n) is 8.72. The predicted octanol–water partition coefficient (Wildman–Crippen LogP) is 6.62. The summed E-state index contributed by atoms with van der Waals surface area (Å²) in [5.41, 5.74) is 2.14. The minimum absolute atomic E-state index is 0.0748. The van der Waals surface area contributed by atoms with Crippen LogP contribution in [0.3, 0.4) is 0 Å². The van der Waals surface area contributed by atoms with E-state index >= 15 is 0 Å². The van der Waals surface area contributed by atoms with Crippen molar-refractivity contribution in [3.8, 4) is 0 Å². The molecule has 0 aliphatic carbocycles. The number of carbonyl (C=O) groups excluding carboxylic acids is 1. The van der Waals surface area contributed by atoms with Crippen molar-refractivity contribution in [2.45, 2.75) is 134 Å². The van der Waals surface area contributed by atoms with Crippen molar-refractivity contribution in [2.75, 3.05) is 13.2 Å². The summed E-state index contributed by atoms with van der Waals surface area (Å²) >= 11 is 0. The Labute approximate surface area is 263 Å². The van der Waals surface area contributed by atoms with E-state index in [0.717, 1.165) is 24.0 Å². The molecule has 0 saturated carbocycles. The number of rotatable bonds is 18. The largest absolute Gasteiger partial charge is 0.368 e. The molecule has 3 heterocycles. The second-order valence-electron chi connectivity index (χ2n) is 12.3. The van der Waals surface area contributed by atoms with Gasteiger partial charge in [-0.2, -0.15) is 0 Å². The average Bonchev–Trinajstić information content (AvgIpc) is 3.85. The van der Waals surface area contributed by atoms with Crippen molar-refractivity contribution >= 4 is 5.91 Å². The van der Waals surface area contributed by atoms with Gasteiger partial charge in [-0.05, 0) is 17.5 Å². The van der Waals surface area contributed by atoms with Crippen molar-refractivity contribution in [1.82, 2.24) is 5.32 Å². The molecule has 3 aliphatic heterocycles. The van der Waals surface area contributed by atoms with Crippen LogP contribution in [0.25, 0.3) is 0 Å². The summed E-state index contributed by atoms with van der Waals surface area (Å²) in [4.78, 5) is 12.4. The van der Waals surface area contributed by atoms with Gasteiger partial charge in [-0.1, -0.05) is 125 Å². The maximum Gasteiger partial charge on any atom is 0.217 e. The summed E-state index contributed by atoms with van der Waals surface area (Å²) in [7, 11) is 0. The minimum Gasteiger partial charge on any atom is -0.368 e. The molecule has 242 valence electrons. The molecule has 0 aromatic heterocycles. The Hall–Kier alpha value is -2.33. The first kappa shape index (κ1) is 33.0. The van der Waals surface area contributed by atoms with Gasteiger partial charge in [-0.15, -0.1) is 0 Å². The number of amides is 1. The molecular weight excluding hydrogens is 558 g/mol. The van der Waals surface area contributed by atoms with Crippen LogP contribution in [0, 0.1) is 0 Å². The first-order chi connectivity index (χ1) is 21.6. The van der Waals surface area contributed by atoms with Gasteiger partial charge in [0.15, 0.2) is 12.6 Å². The van der Waals surface area contributed by atoms with Gasteiger partial charge in [0.25, 0.3) is 0 Å². The standard InChI is InChI=1S/C36H51NO7/c1-3-4-5-6-7-8-9-10-11-18-23-39-35-30(37-26(2)38)33(40-24-27-19-14-12-15-20-27)32-29(42-35)25-41-36(44-32)34-31(43-34)28-21-16-13-17-22-28/h12-17,19-22,29-36H,3-11,18,23-25H2,1-2H3,(H,37,38)/t29-,30-,31-,32-,33-,34+,35-,36-/m1/s1. The highest BCUT2D eigenvalue weighted by Crippen LogP contribution is 2.44. The van der Waals surface area contributed by atoms with E-state index in [4.69, 9.17) is 28.4 Å². The van der Waals surface area contributed by atoms with Crippen molar-refractivity contribution in [3.63, 3.8) is 0 Å². The smallest absolute Gasteiger partial charge is 0.217 e. The summed E-state index contributed by atoms with van der Waals surface area (Å²) in [6.07, 6.45) is 9.66. The van der Waals surface area contributed by atoms with Crippen LogP contribution in [-0.4, -0.2) is 62.2 Å². The van der Waals surface area contributed by atoms with E-state index in [0.29, 0.717) is 19.8 Å². The predicted molar refractivity (Wildman–Crippen MR) is 168 cm³/mol. The van der Waals surface area contributed by atoms with Crippen LogP contribution >= 0.6 is 0 Å². The minimum atomic E-state index is -0.669. The lowest BCUT2D eigenvalue weighted by atomic mass is 9.95. The van der Waals surface area contributed by atoms with E-state index in [1.807, 2.05) is 48.5 Å². The van der Waals surface area contributed by atoms with E-state index in [-0.39, 0.29) is 18.1 Å². The second-order valence-corrected chi connectivity index (χ2v) is 12.3. The van der Waals surface area contributed by atoms with Crippen LogP contribution < -0.4 is 5.32 Å². The first-order valence-electron chi connectivity index (χ1n) is 16.8. The Balaban J connectivity index is 1.18. The maximum atomic E-state index is 12.4. The van der Waals surface area contributed by atoms with Crippen molar-refractivity contribution in [3.05, 3.63) is 71.8 Å². The number of epoxide rings is 1. The number of unbranched alkanes of at least 4 members (excludes halogenated alkanes) is 9. The van der Waals surface area contributed by atoms with E-state index in [1.165, 1.54) is 58.3 Å². The Morgan fingerprint density at radius 1 is 0.795 bits per heavy atom. The van der Waals surface area contributed by atoms with Gasteiger partial charge in [-0.3, -0.25) is 4.79 Å². The summed E-state index contributed by atoms with van der Waals surface area (Å²) in [6.45, 7) is 5.02. The fourth-order valence-corrected chi connectivity index (χ4v) is 6.28. The number of hydrogen-bond acceptors (Lipinski definition) is 7. The molecule has 3 aliphatic rings. The van der Waals surface area contributed by atoms with E-state index in [1.54, 1.807) is 0 Å². The molecule has 0 spiro atoms. The number of nitrogens with one attached hydrogen (secondary N) is 1. The third kappa shape index (κ3) is 9.59. The van der Waals surface area contributed by atoms with Crippen LogP contribution in [0.4, 0.5) is 0 Å². The topological polar surface area (TPSA) is 87.8 Å². The monoisotopic (exact) mass is 609 g/mol. The molecular formula is C36H51NO7. The number of fused-ring (bicyclic) bond motifs is 1. The van der Waals surface area contributed by atoms with Crippen molar-refractivity contribution in [1.29, 1.82) is 0 Å². The zero-order chi connectivity index (χ0) is 30.6. The molecule has 5 rings (SSSR count). The molecule has 44 heavy (non-hydrogen) atoms. The summed E-state index contributed by atoms with van der Waals surface area (Å²) < 4.78 is 38.0. The molecule has 8 heteroatoms. The van der Waals surface area contributed by atoms with Gasteiger partial charge in [-0.25, -0.2) is 0 Å². The summed E-state index contributed by atoms with van der Waals surface area (Å²) in [6, 6.07) is 19.6. The molecule has 1 N–H and O–H groups in total. The third-order valence-corrected chi connectivity index (χ3v) is 8.72. The molecule has 8 atom stereocenters. The highest BCUT2D eigenvalue weighted by atomic mass is 16.8. The number of hydrogen-bond donors (Lipinski definition) is 1. The summed E-state index contributed by atoms with van der Waals surface area (Å²) in [5.74, 6) is -0.170. The van der Waals surface area contributed by atoms with Gasteiger partial charge >= 0.3 is 0 Å².